The third-order valence-electron chi connectivity index (χ3n) is 3.73. The van der Waals surface area contributed by atoms with E-state index in [0.717, 1.165) is 11.3 Å². The predicted octanol–water partition coefficient (Wildman–Crippen LogP) is 2.53. The number of rotatable bonds is 4. The Labute approximate surface area is 128 Å². The van der Waals surface area contributed by atoms with Crippen molar-refractivity contribution in [2.24, 2.45) is 0 Å². The van der Waals surface area contributed by atoms with E-state index in [-0.39, 0.29) is 11.6 Å². The van der Waals surface area contributed by atoms with Gasteiger partial charge >= 0.3 is 6.03 Å². The Morgan fingerprint density at radius 3 is 2.14 bits per heavy atom. The number of hydrogen-bond donors (Lipinski definition) is 0. The number of carbonyl (C=O) groups excluding carboxylic acids is 1. The summed E-state index contributed by atoms with van der Waals surface area (Å²) in [5.74, 6) is 0.709. The number of carbonyl (C=O) groups is 1. The molecule has 0 aliphatic heterocycles. The number of likely N-dealkylation sites (N-methyl/N-ethyl adjacent to an activating group) is 1. The minimum absolute atomic E-state index is 0.0533. The van der Waals surface area contributed by atoms with E-state index in [1.807, 2.05) is 40.1 Å². The zero-order chi connectivity index (χ0) is 16.4. The Balaban J connectivity index is 3.23. The van der Waals surface area contributed by atoms with Crippen molar-refractivity contribution in [3.63, 3.8) is 0 Å². The molecule has 0 aliphatic carbocycles. The third kappa shape index (κ3) is 4.43. The predicted molar refractivity (Wildman–Crippen MR) is 87.9 cm³/mol. The lowest BCUT2D eigenvalue weighted by molar-refractivity contribution is 0.189. The maximum Gasteiger partial charge on any atom is 0.325 e. The van der Waals surface area contributed by atoms with Gasteiger partial charge in [-0.2, -0.15) is 0 Å². The largest absolute Gasteiger partial charge is 0.330 e. The van der Waals surface area contributed by atoms with Gasteiger partial charge in [0.25, 0.3) is 0 Å². The molecular formula is C16H28N4O. The van der Waals surface area contributed by atoms with Gasteiger partial charge in [0.15, 0.2) is 0 Å². The number of aryl methyl sites for hydroxylation is 2. The van der Waals surface area contributed by atoms with E-state index in [4.69, 9.17) is 0 Å². The van der Waals surface area contributed by atoms with Crippen LogP contribution >= 0.6 is 0 Å². The molecule has 21 heavy (non-hydrogen) atoms. The molecule has 0 radical (unpaired) electrons. The maximum absolute atomic E-state index is 12.6. The molecule has 5 nitrogen and oxygen atoms in total. The van der Waals surface area contributed by atoms with Crippen LogP contribution in [0.3, 0.4) is 0 Å². The van der Waals surface area contributed by atoms with Crippen LogP contribution in [0, 0.1) is 13.8 Å². The SMILES string of the molecule is Cc1cc(C)nc(N(CC(C)(C)N(C)C)C(=O)N(C)C)c1. The lowest BCUT2D eigenvalue weighted by Gasteiger charge is -2.38. The van der Waals surface area contributed by atoms with Crippen molar-refractivity contribution in [2.75, 3.05) is 39.6 Å². The number of urea groups is 1. The lowest BCUT2D eigenvalue weighted by Crippen LogP contribution is -2.52. The summed E-state index contributed by atoms with van der Waals surface area (Å²) in [5.41, 5.74) is 1.88. The molecular weight excluding hydrogens is 264 g/mol. The quantitative estimate of drug-likeness (QED) is 0.856. The highest BCUT2D eigenvalue weighted by Crippen LogP contribution is 2.21. The number of nitrogens with zero attached hydrogens (tertiary/aromatic N) is 4. The van der Waals surface area contributed by atoms with Gasteiger partial charge in [0.05, 0.1) is 0 Å². The molecule has 1 heterocycles. The highest BCUT2D eigenvalue weighted by molar-refractivity contribution is 5.91. The minimum atomic E-state index is -0.148. The summed E-state index contributed by atoms with van der Waals surface area (Å²) in [6.45, 7) is 8.78. The van der Waals surface area contributed by atoms with Crippen LogP contribution in [0.1, 0.15) is 25.1 Å². The first-order valence-corrected chi connectivity index (χ1v) is 7.16. The Kier molecular flexibility index (Phi) is 5.34. The van der Waals surface area contributed by atoms with E-state index >= 15 is 0 Å². The molecule has 2 amide bonds. The molecule has 1 aromatic heterocycles. The van der Waals surface area contributed by atoms with Crippen LogP contribution in [0.2, 0.25) is 0 Å². The first-order chi connectivity index (χ1) is 9.54. The molecule has 0 fully saturated rings. The van der Waals surface area contributed by atoms with E-state index in [1.165, 1.54) is 0 Å². The standard InChI is InChI=1S/C16H28N4O/c1-12-9-13(2)17-14(10-12)20(15(21)18(5)6)11-16(3,4)19(7)8/h9-10H,11H2,1-8H3. The summed E-state index contributed by atoms with van der Waals surface area (Å²) in [4.78, 5) is 22.6. The van der Waals surface area contributed by atoms with Gasteiger partial charge in [-0.1, -0.05) is 0 Å². The highest BCUT2D eigenvalue weighted by atomic mass is 16.2. The smallest absolute Gasteiger partial charge is 0.325 e. The molecule has 0 bridgehead atoms. The first-order valence-electron chi connectivity index (χ1n) is 7.16. The van der Waals surface area contributed by atoms with Crippen LogP contribution in [0.25, 0.3) is 0 Å². The normalized spacial score (nSPS) is 11.7. The number of anilines is 1. The molecule has 0 saturated heterocycles. The lowest BCUT2D eigenvalue weighted by atomic mass is 10.0. The summed E-state index contributed by atoms with van der Waals surface area (Å²) in [6.07, 6.45) is 0. The van der Waals surface area contributed by atoms with Crippen LogP contribution in [-0.4, -0.2) is 61.1 Å². The maximum atomic E-state index is 12.6. The molecule has 0 saturated carbocycles. The summed E-state index contributed by atoms with van der Waals surface area (Å²) >= 11 is 0. The van der Waals surface area contributed by atoms with Crippen LogP contribution in [-0.2, 0) is 0 Å². The minimum Gasteiger partial charge on any atom is -0.330 e. The van der Waals surface area contributed by atoms with Gasteiger partial charge < -0.3 is 9.80 Å². The molecule has 0 spiro atoms. The molecule has 0 N–H and O–H groups in total. The summed E-state index contributed by atoms with van der Waals surface area (Å²) in [6, 6.07) is 3.92. The summed E-state index contributed by atoms with van der Waals surface area (Å²) in [7, 11) is 7.57. The Bertz CT molecular complexity index is 489. The molecule has 1 aromatic rings. The fraction of sp³-hybridized carbons (Fsp3) is 0.625. The first kappa shape index (κ1) is 17.4. The number of hydrogen-bond acceptors (Lipinski definition) is 3. The van der Waals surface area contributed by atoms with E-state index in [0.29, 0.717) is 12.4 Å². The second kappa shape index (κ2) is 6.43. The van der Waals surface area contributed by atoms with Crippen molar-refractivity contribution in [1.29, 1.82) is 0 Å². The van der Waals surface area contributed by atoms with Crippen LogP contribution in [0.5, 0.6) is 0 Å². The second-order valence-corrected chi connectivity index (χ2v) is 6.61. The van der Waals surface area contributed by atoms with Gasteiger partial charge in [0.1, 0.15) is 5.82 Å². The van der Waals surface area contributed by atoms with Crippen molar-refractivity contribution in [3.05, 3.63) is 23.4 Å². The van der Waals surface area contributed by atoms with Crippen molar-refractivity contribution in [3.8, 4) is 0 Å². The molecule has 1 rings (SSSR count). The van der Waals surface area contributed by atoms with Crippen LogP contribution in [0.15, 0.2) is 12.1 Å². The fourth-order valence-electron chi connectivity index (χ4n) is 1.97. The molecule has 0 atom stereocenters. The Hall–Kier alpha value is -1.62. The van der Waals surface area contributed by atoms with Gasteiger partial charge in [-0.05, 0) is 59.5 Å². The molecule has 0 aromatic carbocycles. The van der Waals surface area contributed by atoms with E-state index in [9.17, 15) is 4.79 Å². The Morgan fingerprint density at radius 2 is 1.71 bits per heavy atom. The van der Waals surface area contributed by atoms with Gasteiger partial charge in [-0.25, -0.2) is 9.78 Å². The van der Waals surface area contributed by atoms with E-state index in [1.54, 1.807) is 23.9 Å². The monoisotopic (exact) mass is 292 g/mol. The van der Waals surface area contributed by atoms with Crippen molar-refractivity contribution >= 4 is 11.8 Å². The summed E-state index contributed by atoms with van der Waals surface area (Å²) < 4.78 is 0. The van der Waals surface area contributed by atoms with E-state index < -0.39 is 0 Å². The van der Waals surface area contributed by atoms with Crippen LogP contribution in [0.4, 0.5) is 10.6 Å². The van der Waals surface area contributed by atoms with Gasteiger partial charge in [0, 0.05) is 31.9 Å². The average Bonchev–Trinajstić information content (AvgIpc) is 2.33. The van der Waals surface area contributed by atoms with Gasteiger partial charge in [-0.15, -0.1) is 0 Å². The second-order valence-electron chi connectivity index (χ2n) is 6.61. The van der Waals surface area contributed by atoms with Crippen LogP contribution < -0.4 is 4.90 Å². The molecule has 118 valence electrons. The third-order valence-corrected chi connectivity index (χ3v) is 3.73. The number of aromatic nitrogens is 1. The summed E-state index contributed by atoms with van der Waals surface area (Å²) in [5, 5.41) is 0. The Morgan fingerprint density at radius 1 is 1.14 bits per heavy atom. The highest BCUT2D eigenvalue weighted by Gasteiger charge is 2.29. The number of amides is 2. The van der Waals surface area contributed by atoms with Gasteiger partial charge in [-0.3, -0.25) is 4.90 Å². The fourth-order valence-corrected chi connectivity index (χ4v) is 1.97. The molecule has 0 aliphatic rings. The van der Waals surface area contributed by atoms with Crippen molar-refractivity contribution < 1.29 is 4.79 Å². The zero-order valence-corrected chi connectivity index (χ0v) is 14.6. The zero-order valence-electron chi connectivity index (χ0n) is 14.6. The molecule has 5 heteroatoms. The van der Waals surface area contributed by atoms with Crippen molar-refractivity contribution in [1.82, 2.24) is 14.8 Å². The van der Waals surface area contributed by atoms with E-state index in [2.05, 4.69) is 23.7 Å². The van der Waals surface area contributed by atoms with Gasteiger partial charge in [0.2, 0.25) is 0 Å². The van der Waals surface area contributed by atoms with Crippen molar-refractivity contribution in [2.45, 2.75) is 33.2 Å². The topological polar surface area (TPSA) is 39.7 Å². The molecule has 0 unspecified atom stereocenters. The number of pyridine rings is 1. The average molecular weight is 292 g/mol.